The maximum atomic E-state index is 9.10. The van der Waals surface area contributed by atoms with Crippen LogP contribution in [0.3, 0.4) is 0 Å². The fraction of sp³-hybridized carbons (Fsp3) is 1.00. The Hall–Kier alpha value is -0.120. The summed E-state index contributed by atoms with van der Waals surface area (Å²) in [5.74, 6) is 0.756. The molecule has 1 aliphatic carbocycles. The van der Waals surface area contributed by atoms with Gasteiger partial charge in [0.05, 0.1) is 19.3 Å². The monoisotopic (exact) mass is 215 g/mol. The molecule has 0 amide bonds. The summed E-state index contributed by atoms with van der Waals surface area (Å²) in [5.41, 5.74) is 0. The van der Waals surface area contributed by atoms with E-state index < -0.39 is 0 Å². The molecule has 1 aliphatic rings. The summed E-state index contributed by atoms with van der Waals surface area (Å²) in [6, 6.07) is 0.776. The molecule has 0 aromatic carbocycles. The largest absolute Gasteiger partial charge is 0.395 e. The zero-order valence-electron chi connectivity index (χ0n) is 10.0. The molecule has 0 bridgehead atoms. The SMILES string of the molecule is CC(C)CCCOCC(CO)NC1CC1. The van der Waals surface area contributed by atoms with Gasteiger partial charge in [-0.2, -0.15) is 0 Å². The van der Waals surface area contributed by atoms with Gasteiger partial charge >= 0.3 is 0 Å². The van der Waals surface area contributed by atoms with Crippen molar-refractivity contribution in [3.63, 3.8) is 0 Å². The van der Waals surface area contributed by atoms with Gasteiger partial charge in [-0.25, -0.2) is 0 Å². The highest BCUT2D eigenvalue weighted by molar-refractivity contribution is 4.84. The van der Waals surface area contributed by atoms with Crippen LogP contribution in [-0.4, -0.2) is 37.0 Å². The van der Waals surface area contributed by atoms with Crippen LogP contribution < -0.4 is 5.32 Å². The summed E-state index contributed by atoms with van der Waals surface area (Å²) < 4.78 is 5.54. The molecule has 0 aliphatic heterocycles. The third-order valence-electron chi connectivity index (χ3n) is 2.66. The lowest BCUT2D eigenvalue weighted by Gasteiger charge is -2.16. The number of nitrogens with one attached hydrogen (secondary N) is 1. The fourth-order valence-corrected chi connectivity index (χ4v) is 1.56. The Morgan fingerprint density at radius 2 is 2.13 bits per heavy atom. The molecule has 1 fully saturated rings. The Balaban J connectivity index is 1.91. The van der Waals surface area contributed by atoms with Crippen molar-refractivity contribution < 1.29 is 9.84 Å². The average molecular weight is 215 g/mol. The quantitative estimate of drug-likeness (QED) is 0.573. The number of ether oxygens (including phenoxy) is 1. The predicted octanol–water partition coefficient (Wildman–Crippen LogP) is 1.55. The molecule has 1 unspecified atom stereocenters. The number of rotatable bonds is 9. The zero-order chi connectivity index (χ0) is 11.1. The second kappa shape index (κ2) is 7.20. The van der Waals surface area contributed by atoms with Gasteiger partial charge in [0.2, 0.25) is 0 Å². The molecule has 0 aromatic rings. The lowest BCUT2D eigenvalue weighted by molar-refractivity contribution is 0.0842. The van der Waals surface area contributed by atoms with Crippen molar-refractivity contribution in [2.45, 2.75) is 51.6 Å². The molecule has 15 heavy (non-hydrogen) atoms. The molecule has 2 N–H and O–H groups in total. The Bertz CT molecular complexity index is 158. The standard InChI is InChI=1S/C12H25NO2/c1-10(2)4-3-7-15-9-12(8-14)13-11-5-6-11/h10-14H,3-9H2,1-2H3. The van der Waals surface area contributed by atoms with Gasteiger partial charge in [-0.3, -0.25) is 0 Å². The Morgan fingerprint density at radius 1 is 1.40 bits per heavy atom. The zero-order valence-corrected chi connectivity index (χ0v) is 10.0. The molecule has 0 heterocycles. The van der Waals surface area contributed by atoms with Gasteiger partial charge in [0.15, 0.2) is 0 Å². The van der Waals surface area contributed by atoms with Crippen molar-refractivity contribution in [3.8, 4) is 0 Å². The van der Waals surface area contributed by atoms with Crippen LogP contribution >= 0.6 is 0 Å². The van der Waals surface area contributed by atoms with E-state index in [9.17, 15) is 0 Å². The molecule has 1 saturated carbocycles. The molecule has 0 aromatic heterocycles. The molecule has 90 valence electrons. The molecular weight excluding hydrogens is 190 g/mol. The van der Waals surface area contributed by atoms with Crippen LogP contribution in [0.4, 0.5) is 0 Å². The van der Waals surface area contributed by atoms with Crippen LogP contribution in [0.15, 0.2) is 0 Å². The van der Waals surface area contributed by atoms with Gasteiger partial charge in [0, 0.05) is 12.6 Å². The van der Waals surface area contributed by atoms with E-state index in [1.165, 1.54) is 19.3 Å². The molecule has 0 spiro atoms. The van der Waals surface area contributed by atoms with E-state index in [2.05, 4.69) is 19.2 Å². The van der Waals surface area contributed by atoms with Crippen LogP contribution in [0.1, 0.15) is 39.5 Å². The van der Waals surface area contributed by atoms with E-state index in [4.69, 9.17) is 9.84 Å². The Labute approximate surface area is 93.2 Å². The summed E-state index contributed by atoms with van der Waals surface area (Å²) >= 11 is 0. The Morgan fingerprint density at radius 3 is 2.67 bits per heavy atom. The van der Waals surface area contributed by atoms with Crippen molar-refractivity contribution in [1.29, 1.82) is 0 Å². The van der Waals surface area contributed by atoms with Crippen LogP contribution in [0.5, 0.6) is 0 Å². The van der Waals surface area contributed by atoms with E-state index in [1.54, 1.807) is 0 Å². The second-order valence-electron chi connectivity index (χ2n) is 4.93. The van der Waals surface area contributed by atoms with Crippen LogP contribution in [0.25, 0.3) is 0 Å². The number of hydrogen-bond donors (Lipinski definition) is 2. The van der Waals surface area contributed by atoms with Crippen molar-refractivity contribution in [2.75, 3.05) is 19.8 Å². The van der Waals surface area contributed by atoms with E-state index in [0.29, 0.717) is 12.6 Å². The maximum absolute atomic E-state index is 9.10. The first kappa shape index (κ1) is 12.9. The first-order chi connectivity index (χ1) is 7.22. The van der Waals surface area contributed by atoms with Crippen molar-refractivity contribution >= 4 is 0 Å². The summed E-state index contributed by atoms with van der Waals surface area (Å²) in [4.78, 5) is 0. The van der Waals surface area contributed by atoms with E-state index in [1.807, 2.05) is 0 Å². The summed E-state index contributed by atoms with van der Waals surface area (Å²) in [7, 11) is 0. The predicted molar refractivity (Wildman–Crippen MR) is 61.9 cm³/mol. The summed E-state index contributed by atoms with van der Waals surface area (Å²) in [6.45, 7) is 6.10. The van der Waals surface area contributed by atoms with E-state index in [-0.39, 0.29) is 12.6 Å². The maximum Gasteiger partial charge on any atom is 0.0642 e. The third kappa shape index (κ3) is 6.88. The highest BCUT2D eigenvalue weighted by Gasteiger charge is 2.24. The minimum Gasteiger partial charge on any atom is -0.395 e. The third-order valence-corrected chi connectivity index (χ3v) is 2.66. The molecule has 0 radical (unpaired) electrons. The molecule has 1 atom stereocenters. The fourth-order valence-electron chi connectivity index (χ4n) is 1.56. The highest BCUT2D eigenvalue weighted by Crippen LogP contribution is 2.19. The lowest BCUT2D eigenvalue weighted by atomic mass is 10.1. The van der Waals surface area contributed by atoms with Gasteiger partial charge < -0.3 is 15.2 Å². The number of hydrogen-bond acceptors (Lipinski definition) is 3. The number of aliphatic hydroxyl groups excluding tert-OH is 1. The molecular formula is C12H25NO2. The first-order valence-electron chi connectivity index (χ1n) is 6.17. The minimum absolute atomic E-state index is 0.136. The highest BCUT2D eigenvalue weighted by atomic mass is 16.5. The van der Waals surface area contributed by atoms with Crippen molar-refractivity contribution in [1.82, 2.24) is 5.32 Å². The lowest BCUT2D eigenvalue weighted by Crippen LogP contribution is -2.38. The minimum atomic E-state index is 0.136. The average Bonchev–Trinajstić information content (AvgIpc) is 2.99. The van der Waals surface area contributed by atoms with Crippen LogP contribution in [-0.2, 0) is 4.74 Å². The van der Waals surface area contributed by atoms with E-state index in [0.717, 1.165) is 18.9 Å². The van der Waals surface area contributed by atoms with Gasteiger partial charge in [-0.1, -0.05) is 13.8 Å². The molecule has 3 nitrogen and oxygen atoms in total. The van der Waals surface area contributed by atoms with Gasteiger partial charge in [-0.05, 0) is 31.6 Å². The van der Waals surface area contributed by atoms with Crippen LogP contribution in [0.2, 0.25) is 0 Å². The normalized spacial score (nSPS) is 18.4. The summed E-state index contributed by atoms with van der Waals surface area (Å²) in [5, 5.41) is 12.5. The van der Waals surface area contributed by atoms with Crippen molar-refractivity contribution in [3.05, 3.63) is 0 Å². The number of aliphatic hydroxyl groups is 1. The van der Waals surface area contributed by atoms with Crippen LogP contribution in [0, 0.1) is 5.92 Å². The first-order valence-corrected chi connectivity index (χ1v) is 6.17. The Kier molecular flexibility index (Phi) is 6.22. The summed E-state index contributed by atoms with van der Waals surface area (Å²) in [6.07, 6.45) is 4.85. The topological polar surface area (TPSA) is 41.5 Å². The van der Waals surface area contributed by atoms with Gasteiger partial charge in [-0.15, -0.1) is 0 Å². The van der Waals surface area contributed by atoms with Crippen molar-refractivity contribution in [2.24, 2.45) is 5.92 Å². The van der Waals surface area contributed by atoms with E-state index >= 15 is 0 Å². The molecule has 0 saturated heterocycles. The second-order valence-corrected chi connectivity index (χ2v) is 4.93. The van der Waals surface area contributed by atoms with Gasteiger partial charge in [0.25, 0.3) is 0 Å². The molecule has 3 heteroatoms. The smallest absolute Gasteiger partial charge is 0.0642 e. The van der Waals surface area contributed by atoms with Gasteiger partial charge in [0.1, 0.15) is 0 Å². The molecule has 1 rings (SSSR count).